The average molecular weight is 735 g/mol. The van der Waals surface area contributed by atoms with E-state index in [4.69, 9.17) is 15.8 Å². The molecule has 0 aliphatic carbocycles. The molecule has 0 heterocycles. The van der Waals surface area contributed by atoms with Crippen LogP contribution in [0.25, 0.3) is 0 Å². The van der Waals surface area contributed by atoms with Gasteiger partial charge < -0.3 is 0 Å². The van der Waals surface area contributed by atoms with Crippen molar-refractivity contribution < 1.29 is 25.3 Å². The lowest BCUT2D eigenvalue weighted by atomic mass is 10.1. The maximum absolute atomic E-state index is 14.0. The van der Waals surface area contributed by atoms with E-state index in [1.807, 2.05) is 6.92 Å². The summed E-state index contributed by atoms with van der Waals surface area (Å²) < 4.78 is 88.2. The van der Waals surface area contributed by atoms with Crippen LogP contribution in [0.5, 0.6) is 0 Å². The Morgan fingerprint density at radius 1 is 0.417 bits per heavy atom. The first-order valence-electron chi connectivity index (χ1n) is 18.1. The maximum Gasteiger partial charge on any atom is 0.313 e. The van der Waals surface area contributed by atoms with Gasteiger partial charge in [-0.25, -0.2) is 39.4 Å². The van der Waals surface area contributed by atoms with Crippen molar-refractivity contribution in [1.82, 2.24) is 14.2 Å². The van der Waals surface area contributed by atoms with E-state index in [1.54, 1.807) is 0 Å². The minimum atomic E-state index is -4.94. The zero-order valence-electron chi connectivity index (χ0n) is 29.3. The predicted molar refractivity (Wildman–Crippen MR) is 191 cm³/mol. The van der Waals surface area contributed by atoms with Gasteiger partial charge in [-0.15, -0.1) is 0 Å². The predicted octanol–water partition coefficient (Wildman–Crippen LogP) is 6.74. The highest BCUT2D eigenvalue weighted by molar-refractivity contribution is 8.24. The lowest BCUT2D eigenvalue weighted by Gasteiger charge is -2.32. The molecule has 48 heavy (non-hydrogen) atoms. The van der Waals surface area contributed by atoms with E-state index in [0.29, 0.717) is 70.6 Å². The Kier molecular flexibility index (Phi) is 26.9. The molecule has 0 radical (unpaired) electrons. The van der Waals surface area contributed by atoms with Crippen LogP contribution in [-0.2, 0) is 30.1 Å². The van der Waals surface area contributed by atoms with E-state index in [0.717, 1.165) is 77.0 Å². The van der Waals surface area contributed by atoms with Gasteiger partial charge in [0.05, 0.1) is 18.2 Å². The molecule has 12 nitrogen and oxygen atoms in total. The van der Waals surface area contributed by atoms with Gasteiger partial charge in [-0.3, -0.25) is 0 Å². The number of unbranched alkanes of at least 4 members (excludes halogenated alkanes) is 20. The molecule has 0 rings (SSSR count). The van der Waals surface area contributed by atoms with Crippen molar-refractivity contribution in [3.05, 3.63) is 0 Å². The van der Waals surface area contributed by atoms with Crippen LogP contribution in [0.4, 0.5) is 0 Å². The van der Waals surface area contributed by atoms with Crippen LogP contribution < -0.4 is 14.2 Å². The van der Waals surface area contributed by atoms with Gasteiger partial charge in [-0.05, 0) is 44.9 Å². The monoisotopic (exact) mass is 734 g/mol. The van der Waals surface area contributed by atoms with E-state index in [9.17, 15) is 25.3 Å². The van der Waals surface area contributed by atoms with Crippen LogP contribution in [0.2, 0.25) is 0 Å². The summed E-state index contributed by atoms with van der Waals surface area (Å²) in [5.74, 6) is 0. The topological polar surface area (TPSA) is 210 Å². The van der Waals surface area contributed by atoms with Gasteiger partial charge in [0.2, 0.25) is 30.1 Å². The largest absolute Gasteiger partial charge is 0.313 e. The fraction of sp³-hybridized carbons (Fsp3) is 0.909. The first-order valence-corrected chi connectivity index (χ1v) is 22.5. The van der Waals surface area contributed by atoms with Crippen molar-refractivity contribution in [3.8, 4) is 18.2 Å². The molecule has 0 bridgehead atoms. The highest BCUT2D eigenvalue weighted by Crippen LogP contribution is 2.35. The van der Waals surface area contributed by atoms with Gasteiger partial charge in [0, 0.05) is 45.3 Å². The molecule has 0 saturated heterocycles. The molecule has 0 amide bonds. The van der Waals surface area contributed by atoms with Gasteiger partial charge in [0.15, 0.2) is 0 Å². The fourth-order valence-corrected chi connectivity index (χ4v) is 13.2. The van der Waals surface area contributed by atoms with E-state index < -0.39 is 39.9 Å². The highest BCUT2D eigenvalue weighted by Gasteiger charge is 2.64. The summed E-state index contributed by atoms with van der Waals surface area (Å²) >= 11 is 0. The van der Waals surface area contributed by atoms with Crippen molar-refractivity contribution >= 4 is 30.1 Å². The normalized spacial score (nSPS) is 12.4. The third-order valence-electron chi connectivity index (χ3n) is 8.34. The lowest BCUT2D eigenvalue weighted by Crippen LogP contribution is -2.63. The Hall–Kier alpha value is -1.80. The van der Waals surface area contributed by atoms with Crippen molar-refractivity contribution in [2.75, 3.05) is 19.6 Å². The third-order valence-corrected chi connectivity index (χ3v) is 17.1. The number of nitrogens with one attached hydrogen (secondary N) is 3. The third kappa shape index (κ3) is 18.3. The summed E-state index contributed by atoms with van der Waals surface area (Å²) in [5.41, 5.74) is 0. The maximum atomic E-state index is 14.0. The lowest BCUT2D eigenvalue weighted by molar-refractivity contribution is 0.507. The standard InChI is InChI=1S/C33H62N6O6S3/c1-2-3-19-26-33(46(40,41)37-30-23-16-10-4-7-13-20-27-34,47(42,43)38-31-24-17-11-5-8-14-21-28-35)48(44,45)39-32-25-18-12-6-9-15-22-29-36/h37-39H,2-26,30-32H2,1H3. The van der Waals surface area contributed by atoms with Crippen LogP contribution in [0.3, 0.4) is 0 Å². The van der Waals surface area contributed by atoms with E-state index >= 15 is 0 Å². The molecule has 278 valence electrons. The smallest absolute Gasteiger partial charge is 0.213 e. The first kappa shape index (κ1) is 46.2. The molecule has 0 aromatic heterocycles. The molecule has 0 fully saturated rings. The highest BCUT2D eigenvalue weighted by atomic mass is 32.3. The second kappa shape index (κ2) is 28.0. The molecule has 0 aliphatic heterocycles. The summed E-state index contributed by atoms with van der Waals surface area (Å²) in [7, 11) is -14.8. The van der Waals surface area contributed by atoms with E-state index in [-0.39, 0.29) is 26.1 Å². The Bertz CT molecular complexity index is 1140. The molecule has 0 saturated carbocycles. The van der Waals surface area contributed by atoms with Crippen LogP contribution >= 0.6 is 0 Å². The minimum Gasteiger partial charge on any atom is -0.213 e. The van der Waals surface area contributed by atoms with Crippen LogP contribution in [-0.4, -0.2) is 48.3 Å². The van der Waals surface area contributed by atoms with Crippen LogP contribution in [0.1, 0.15) is 167 Å². The molecule has 3 N–H and O–H groups in total. The van der Waals surface area contributed by atoms with Crippen molar-refractivity contribution in [2.45, 2.75) is 171 Å². The van der Waals surface area contributed by atoms with Crippen molar-refractivity contribution in [3.63, 3.8) is 0 Å². The van der Waals surface area contributed by atoms with E-state index in [1.165, 1.54) is 0 Å². The summed E-state index contributed by atoms with van der Waals surface area (Å²) in [6, 6.07) is 6.33. The molecule has 0 aliphatic rings. The Morgan fingerprint density at radius 2 is 0.688 bits per heavy atom. The second-order valence-corrected chi connectivity index (χ2v) is 19.2. The summed E-state index contributed by atoms with van der Waals surface area (Å²) in [4.78, 5) is 0. The fourth-order valence-electron chi connectivity index (χ4n) is 5.49. The second-order valence-electron chi connectivity index (χ2n) is 12.4. The van der Waals surface area contributed by atoms with E-state index in [2.05, 4.69) is 32.4 Å². The Morgan fingerprint density at radius 3 is 0.958 bits per heavy atom. The first-order chi connectivity index (χ1) is 23.0. The molecule has 0 unspecified atom stereocenters. The molecular formula is C33H62N6O6S3. The summed E-state index contributed by atoms with van der Waals surface area (Å²) in [5, 5.41) is 26.0. The molecule has 0 aromatic carbocycles. The molecule has 15 heteroatoms. The summed E-state index contributed by atoms with van der Waals surface area (Å²) in [6.07, 6.45) is 15.7. The SMILES string of the molecule is CCCCCC(S(=O)(=O)NCCCCCCCCC#N)(S(=O)(=O)NCCCCCCCCC#N)S(=O)(=O)NCCCCCCCCC#N. The Labute approximate surface area is 293 Å². The van der Waals surface area contributed by atoms with Crippen molar-refractivity contribution in [2.24, 2.45) is 0 Å². The van der Waals surface area contributed by atoms with Gasteiger partial charge in [-0.2, -0.15) is 15.8 Å². The molecule has 0 atom stereocenters. The van der Waals surface area contributed by atoms with Crippen LogP contribution in [0.15, 0.2) is 0 Å². The summed E-state index contributed by atoms with van der Waals surface area (Å²) in [6.45, 7) is 1.62. The van der Waals surface area contributed by atoms with Gasteiger partial charge in [0.1, 0.15) is 0 Å². The zero-order chi connectivity index (χ0) is 36.0. The zero-order valence-corrected chi connectivity index (χ0v) is 31.8. The number of hydrogen-bond acceptors (Lipinski definition) is 9. The number of hydrogen-bond donors (Lipinski definition) is 3. The molecule has 0 spiro atoms. The minimum absolute atomic E-state index is 0.0846. The molecule has 0 aromatic rings. The van der Waals surface area contributed by atoms with Gasteiger partial charge in [0.25, 0.3) is 0 Å². The Balaban J connectivity index is 5.85. The number of nitrogens with zero attached hydrogens (tertiary/aromatic N) is 3. The molecular weight excluding hydrogens is 673 g/mol. The number of nitriles is 3. The number of sulfonamides is 3. The van der Waals surface area contributed by atoms with Crippen molar-refractivity contribution in [1.29, 1.82) is 15.8 Å². The van der Waals surface area contributed by atoms with Crippen LogP contribution in [0, 0.1) is 34.0 Å². The quantitative estimate of drug-likeness (QED) is 0.0597. The average Bonchev–Trinajstić information content (AvgIpc) is 3.04. The van der Waals surface area contributed by atoms with Gasteiger partial charge >= 0.3 is 3.41 Å². The number of rotatable bonds is 34. The van der Waals surface area contributed by atoms with Gasteiger partial charge in [-0.1, -0.05) is 96.8 Å².